The fourth-order valence-corrected chi connectivity index (χ4v) is 2.79. The van der Waals surface area contributed by atoms with Crippen molar-refractivity contribution >= 4 is 24.5 Å². The summed E-state index contributed by atoms with van der Waals surface area (Å²) in [4.78, 5) is 44.1. The van der Waals surface area contributed by atoms with Gasteiger partial charge in [0, 0.05) is 17.6 Å². The molecule has 0 aliphatic heterocycles. The van der Waals surface area contributed by atoms with E-state index < -0.39 is 17.4 Å². The van der Waals surface area contributed by atoms with Crippen molar-refractivity contribution in [1.82, 2.24) is 0 Å². The Balaban J connectivity index is 4.78. The van der Waals surface area contributed by atoms with Crippen LogP contribution in [-0.2, 0) is 19.2 Å². The minimum absolute atomic E-state index is 0.0155. The van der Waals surface area contributed by atoms with Gasteiger partial charge in [-0.15, -0.1) is 0 Å². The second-order valence-corrected chi connectivity index (χ2v) is 6.68. The molecule has 0 unspecified atom stereocenters. The number of hydrogen-bond donors (Lipinski definition) is 2. The van der Waals surface area contributed by atoms with E-state index in [9.17, 15) is 19.2 Å². The maximum Gasteiger partial charge on any atom is 0.330 e. The zero-order valence-corrected chi connectivity index (χ0v) is 15.7. The molecule has 0 aromatic heterocycles. The van der Waals surface area contributed by atoms with Gasteiger partial charge in [0.2, 0.25) is 0 Å². The highest BCUT2D eigenvalue weighted by Gasteiger charge is 2.27. The summed E-state index contributed by atoms with van der Waals surface area (Å²) in [6.45, 7) is 2.79. The number of rotatable bonds is 15. The molecule has 0 rings (SSSR count). The van der Waals surface area contributed by atoms with Crippen LogP contribution in [0.1, 0.15) is 71.6 Å². The lowest BCUT2D eigenvalue weighted by atomic mass is 9.80. The maximum absolute atomic E-state index is 11.7. The van der Waals surface area contributed by atoms with E-state index in [0.717, 1.165) is 44.8 Å². The molecule has 0 heterocycles. The topological polar surface area (TPSA) is 109 Å². The van der Waals surface area contributed by atoms with E-state index in [4.69, 9.17) is 10.2 Å². The van der Waals surface area contributed by atoms with Crippen molar-refractivity contribution in [2.45, 2.75) is 71.6 Å². The Kier molecular flexibility index (Phi) is 11.9. The fourth-order valence-electron chi connectivity index (χ4n) is 2.79. The van der Waals surface area contributed by atoms with Gasteiger partial charge in [-0.25, -0.2) is 9.59 Å². The number of aliphatic carboxylic acids is 2. The van der Waals surface area contributed by atoms with Gasteiger partial charge in [0.05, 0.1) is 5.41 Å². The summed E-state index contributed by atoms with van der Waals surface area (Å²) in [5, 5.41) is 18.1. The summed E-state index contributed by atoms with van der Waals surface area (Å²) in [6, 6.07) is 0. The van der Waals surface area contributed by atoms with Crippen LogP contribution < -0.4 is 0 Å². The Morgan fingerprint density at radius 1 is 0.769 bits per heavy atom. The lowest BCUT2D eigenvalue weighted by Gasteiger charge is -2.22. The van der Waals surface area contributed by atoms with Crippen molar-refractivity contribution in [2.24, 2.45) is 5.41 Å². The summed E-state index contributed by atoms with van der Waals surface area (Å²) in [5.74, 6) is -2.26. The van der Waals surface area contributed by atoms with Crippen LogP contribution in [0.4, 0.5) is 0 Å². The summed E-state index contributed by atoms with van der Waals surface area (Å²) >= 11 is 0. The summed E-state index contributed by atoms with van der Waals surface area (Å²) in [6.07, 6.45) is 11.8. The van der Waals surface area contributed by atoms with E-state index in [1.165, 1.54) is 26.0 Å². The molecule has 0 saturated heterocycles. The minimum Gasteiger partial charge on any atom is -0.478 e. The Hall–Kier alpha value is -2.24. The quantitative estimate of drug-likeness (QED) is 0.258. The average molecular weight is 366 g/mol. The summed E-state index contributed by atoms with van der Waals surface area (Å²) in [7, 11) is 0. The van der Waals surface area contributed by atoms with E-state index in [1.807, 2.05) is 0 Å². The van der Waals surface area contributed by atoms with E-state index in [-0.39, 0.29) is 11.1 Å². The van der Waals surface area contributed by atoms with Crippen LogP contribution in [0.2, 0.25) is 0 Å². The highest BCUT2D eigenvalue weighted by Crippen LogP contribution is 2.30. The third kappa shape index (κ3) is 9.91. The fraction of sp³-hybridized carbons (Fsp3) is 0.600. The lowest BCUT2D eigenvalue weighted by Crippen LogP contribution is -2.20. The standard InChI is InChI=1S/C20H30O6/c1-16(18(23)24)13-20(15-22,14-17(2)19(25)26)11-9-7-5-3-4-6-8-10-12-21/h12-15H,3-11H2,1-2H3,(H,23,24)(H,25,26). The molecular weight excluding hydrogens is 336 g/mol. The Bertz CT molecular complexity index is 515. The Morgan fingerprint density at radius 2 is 1.19 bits per heavy atom. The lowest BCUT2D eigenvalue weighted by molar-refractivity contribution is -0.133. The first-order valence-corrected chi connectivity index (χ1v) is 9.03. The van der Waals surface area contributed by atoms with Crippen molar-refractivity contribution in [1.29, 1.82) is 0 Å². The van der Waals surface area contributed by atoms with Crippen molar-refractivity contribution < 1.29 is 29.4 Å². The van der Waals surface area contributed by atoms with Gasteiger partial charge in [-0.1, -0.05) is 50.7 Å². The predicted octanol–water partition coefficient (Wildman–Crippen LogP) is 3.94. The number of allylic oxidation sites excluding steroid dienone is 2. The number of carboxylic acid groups (broad SMARTS) is 2. The molecule has 0 aliphatic rings. The van der Waals surface area contributed by atoms with Gasteiger partial charge in [-0.3, -0.25) is 0 Å². The second-order valence-electron chi connectivity index (χ2n) is 6.68. The maximum atomic E-state index is 11.7. The molecule has 26 heavy (non-hydrogen) atoms. The molecule has 6 nitrogen and oxygen atoms in total. The number of unbranched alkanes of at least 4 members (excludes halogenated alkanes) is 7. The first-order valence-electron chi connectivity index (χ1n) is 9.03. The molecule has 146 valence electrons. The zero-order chi connectivity index (χ0) is 20.0. The van der Waals surface area contributed by atoms with E-state index in [0.29, 0.717) is 25.5 Å². The normalized spacial score (nSPS) is 14.5. The number of carbonyl (C=O) groups is 4. The van der Waals surface area contributed by atoms with E-state index >= 15 is 0 Å². The van der Waals surface area contributed by atoms with Crippen LogP contribution in [0.15, 0.2) is 23.3 Å². The van der Waals surface area contributed by atoms with Crippen molar-refractivity contribution in [2.75, 3.05) is 0 Å². The molecule has 0 amide bonds. The highest BCUT2D eigenvalue weighted by molar-refractivity contribution is 5.89. The van der Waals surface area contributed by atoms with Crippen LogP contribution in [-0.4, -0.2) is 34.7 Å². The van der Waals surface area contributed by atoms with Gasteiger partial charge in [0.25, 0.3) is 0 Å². The predicted molar refractivity (Wildman–Crippen MR) is 98.9 cm³/mol. The monoisotopic (exact) mass is 366 g/mol. The molecule has 0 atom stereocenters. The van der Waals surface area contributed by atoms with Gasteiger partial charge in [-0.05, 0) is 26.7 Å². The van der Waals surface area contributed by atoms with Gasteiger partial charge in [0.1, 0.15) is 12.6 Å². The molecule has 0 aromatic carbocycles. The van der Waals surface area contributed by atoms with E-state index in [2.05, 4.69) is 0 Å². The van der Waals surface area contributed by atoms with Crippen LogP contribution >= 0.6 is 0 Å². The van der Waals surface area contributed by atoms with Crippen molar-refractivity contribution in [3.8, 4) is 0 Å². The molecular formula is C20H30O6. The first-order chi connectivity index (χ1) is 12.3. The van der Waals surface area contributed by atoms with Crippen LogP contribution in [0.5, 0.6) is 0 Å². The van der Waals surface area contributed by atoms with Crippen LogP contribution in [0.25, 0.3) is 0 Å². The third-order valence-electron chi connectivity index (χ3n) is 4.30. The average Bonchev–Trinajstić information content (AvgIpc) is 2.59. The summed E-state index contributed by atoms with van der Waals surface area (Å²) < 4.78 is 0. The Labute approximate surface area is 155 Å². The molecule has 0 bridgehead atoms. The SMILES string of the molecule is CC(=CC(C=O)(C=C(C)C(=O)O)CCCCCCCCCC=O)C(=O)O. The molecule has 0 saturated carbocycles. The molecule has 0 aromatic rings. The molecule has 0 radical (unpaired) electrons. The minimum atomic E-state index is -1.21. The van der Waals surface area contributed by atoms with Gasteiger partial charge in [0.15, 0.2) is 0 Å². The number of aldehydes is 2. The Morgan fingerprint density at radius 3 is 1.58 bits per heavy atom. The number of carboxylic acids is 2. The first kappa shape index (κ1) is 23.8. The molecule has 6 heteroatoms. The van der Waals surface area contributed by atoms with Gasteiger partial charge < -0.3 is 19.8 Å². The molecule has 0 fully saturated rings. The number of carbonyl (C=O) groups excluding carboxylic acids is 2. The van der Waals surface area contributed by atoms with Crippen molar-refractivity contribution in [3.05, 3.63) is 23.3 Å². The zero-order valence-electron chi connectivity index (χ0n) is 15.7. The van der Waals surface area contributed by atoms with Gasteiger partial charge >= 0.3 is 11.9 Å². The molecule has 0 spiro atoms. The third-order valence-corrected chi connectivity index (χ3v) is 4.30. The highest BCUT2D eigenvalue weighted by atomic mass is 16.4. The summed E-state index contributed by atoms with van der Waals surface area (Å²) in [5.41, 5.74) is -1.18. The molecule has 0 aliphatic carbocycles. The largest absolute Gasteiger partial charge is 0.478 e. The number of hydrogen-bond acceptors (Lipinski definition) is 4. The van der Waals surface area contributed by atoms with Crippen LogP contribution in [0.3, 0.4) is 0 Å². The molecule has 2 N–H and O–H groups in total. The second kappa shape index (κ2) is 13.0. The van der Waals surface area contributed by atoms with Crippen molar-refractivity contribution in [3.63, 3.8) is 0 Å². The van der Waals surface area contributed by atoms with Gasteiger partial charge in [-0.2, -0.15) is 0 Å². The van der Waals surface area contributed by atoms with E-state index in [1.54, 1.807) is 0 Å². The van der Waals surface area contributed by atoms with Crippen LogP contribution in [0, 0.1) is 5.41 Å². The smallest absolute Gasteiger partial charge is 0.330 e.